The Labute approximate surface area is 172 Å². The standard InChI is InChI=1S/C21H42N4O2S/c1-5-22-20(23-17-21(2,3)13-16-28(4,26)27)24-18-11-14-25(15-12-18)19-9-7-6-8-10-19/h18-19H,5-17H2,1-4H3,(H2,22,23,24). The molecule has 28 heavy (non-hydrogen) atoms. The predicted molar refractivity (Wildman–Crippen MR) is 119 cm³/mol. The Hall–Kier alpha value is -0.820. The Morgan fingerprint density at radius 1 is 1.11 bits per heavy atom. The number of aliphatic imine (C=N–C) groups is 1. The molecule has 1 aliphatic heterocycles. The second kappa shape index (κ2) is 10.8. The highest BCUT2D eigenvalue weighted by molar-refractivity contribution is 7.90. The molecule has 164 valence electrons. The number of piperidine rings is 1. The number of rotatable bonds is 8. The Morgan fingerprint density at radius 3 is 2.32 bits per heavy atom. The van der Waals surface area contributed by atoms with Gasteiger partial charge in [-0.05, 0) is 44.4 Å². The maximum Gasteiger partial charge on any atom is 0.191 e. The first-order chi connectivity index (χ1) is 13.2. The molecule has 1 heterocycles. The van der Waals surface area contributed by atoms with Gasteiger partial charge < -0.3 is 15.5 Å². The number of nitrogens with one attached hydrogen (secondary N) is 2. The van der Waals surface area contributed by atoms with Crippen LogP contribution in [0.3, 0.4) is 0 Å². The van der Waals surface area contributed by atoms with Crippen LogP contribution in [0.4, 0.5) is 0 Å². The first kappa shape index (κ1) is 23.5. The third-order valence-corrected chi connectivity index (χ3v) is 7.07. The lowest BCUT2D eigenvalue weighted by Gasteiger charge is -2.39. The zero-order valence-electron chi connectivity index (χ0n) is 18.5. The van der Waals surface area contributed by atoms with E-state index in [0.717, 1.165) is 18.5 Å². The Kier molecular flexibility index (Phi) is 9.06. The molecule has 0 aromatic carbocycles. The summed E-state index contributed by atoms with van der Waals surface area (Å²) in [5.74, 6) is 1.09. The van der Waals surface area contributed by atoms with Crippen molar-refractivity contribution in [2.45, 2.75) is 84.2 Å². The van der Waals surface area contributed by atoms with Crippen LogP contribution in [0.2, 0.25) is 0 Å². The number of hydrogen-bond donors (Lipinski definition) is 2. The van der Waals surface area contributed by atoms with Crippen LogP contribution in [-0.2, 0) is 9.84 Å². The van der Waals surface area contributed by atoms with E-state index in [1.165, 1.54) is 64.3 Å². The molecule has 2 aliphatic rings. The molecule has 0 bridgehead atoms. The van der Waals surface area contributed by atoms with E-state index in [9.17, 15) is 8.42 Å². The summed E-state index contributed by atoms with van der Waals surface area (Å²) in [5, 5.41) is 6.98. The second-order valence-electron chi connectivity index (χ2n) is 9.49. The third kappa shape index (κ3) is 8.68. The van der Waals surface area contributed by atoms with E-state index in [1.807, 2.05) is 0 Å². The maximum atomic E-state index is 11.5. The lowest BCUT2D eigenvalue weighted by atomic mass is 9.90. The van der Waals surface area contributed by atoms with Gasteiger partial charge in [-0.1, -0.05) is 33.1 Å². The minimum absolute atomic E-state index is 0.129. The molecule has 2 rings (SSSR count). The molecule has 2 fully saturated rings. The molecule has 0 spiro atoms. The molecule has 1 saturated heterocycles. The molecule has 0 aromatic rings. The summed E-state index contributed by atoms with van der Waals surface area (Å²) < 4.78 is 22.9. The smallest absolute Gasteiger partial charge is 0.191 e. The van der Waals surface area contributed by atoms with E-state index in [4.69, 9.17) is 4.99 Å². The fraction of sp³-hybridized carbons (Fsp3) is 0.952. The Morgan fingerprint density at radius 2 is 1.75 bits per heavy atom. The zero-order chi connectivity index (χ0) is 20.6. The van der Waals surface area contributed by atoms with Gasteiger partial charge in [0.25, 0.3) is 0 Å². The molecule has 6 nitrogen and oxygen atoms in total. The van der Waals surface area contributed by atoms with Crippen LogP contribution in [0.25, 0.3) is 0 Å². The summed E-state index contributed by atoms with van der Waals surface area (Å²) in [4.78, 5) is 7.48. The molecule has 0 unspecified atom stereocenters. The fourth-order valence-electron chi connectivity index (χ4n) is 4.20. The first-order valence-corrected chi connectivity index (χ1v) is 13.2. The van der Waals surface area contributed by atoms with Crippen molar-refractivity contribution in [3.8, 4) is 0 Å². The van der Waals surface area contributed by atoms with Gasteiger partial charge in [0.15, 0.2) is 5.96 Å². The number of nitrogens with zero attached hydrogens (tertiary/aromatic N) is 2. The van der Waals surface area contributed by atoms with Gasteiger partial charge >= 0.3 is 0 Å². The average Bonchev–Trinajstić information content (AvgIpc) is 2.66. The van der Waals surface area contributed by atoms with Gasteiger partial charge in [-0.15, -0.1) is 0 Å². The lowest BCUT2D eigenvalue weighted by molar-refractivity contribution is 0.119. The number of guanidine groups is 1. The molecular formula is C21H42N4O2S. The Bertz CT molecular complexity index is 590. The van der Waals surface area contributed by atoms with Gasteiger partial charge in [0.05, 0.1) is 5.75 Å². The van der Waals surface area contributed by atoms with Crippen LogP contribution in [0.1, 0.15) is 72.1 Å². The topological polar surface area (TPSA) is 73.8 Å². The van der Waals surface area contributed by atoms with Gasteiger partial charge in [-0.25, -0.2) is 8.42 Å². The van der Waals surface area contributed by atoms with Gasteiger partial charge in [-0.2, -0.15) is 0 Å². The van der Waals surface area contributed by atoms with Crippen molar-refractivity contribution in [2.75, 3.05) is 38.2 Å². The van der Waals surface area contributed by atoms with Crippen LogP contribution in [-0.4, -0.2) is 69.5 Å². The summed E-state index contributed by atoms with van der Waals surface area (Å²) in [6.07, 6.45) is 11.2. The second-order valence-corrected chi connectivity index (χ2v) is 11.7. The molecule has 0 radical (unpaired) electrons. The van der Waals surface area contributed by atoms with E-state index < -0.39 is 9.84 Å². The first-order valence-electron chi connectivity index (χ1n) is 11.2. The quantitative estimate of drug-likeness (QED) is 0.472. The van der Waals surface area contributed by atoms with Crippen molar-refractivity contribution in [1.29, 1.82) is 0 Å². The van der Waals surface area contributed by atoms with E-state index in [1.54, 1.807) is 0 Å². The number of likely N-dealkylation sites (tertiary alicyclic amines) is 1. The molecule has 0 aromatic heterocycles. The third-order valence-electron chi connectivity index (χ3n) is 6.12. The highest BCUT2D eigenvalue weighted by atomic mass is 32.2. The summed E-state index contributed by atoms with van der Waals surface area (Å²) in [5.41, 5.74) is -0.129. The van der Waals surface area contributed by atoms with Crippen molar-refractivity contribution in [3.63, 3.8) is 0 Å². The number of sulfone groups is 1. The van der Waals surface area contributed by atoms with Crippen LogP contribution in [0.15, 0.2) is 4.99 Å². The van der Waals surface area contributed by atoms with Crippen molar-refractivity contribution in [1.82, 2.24) is 15.5 Å². The summed E-state index contributed by atoms with van der Waals surface area (Å²) in [6.45, 7) is 10.1. The van der Waals surface area contributed by atoms with Crippen molar-refractivity contribution in [3.05, 3.63) is 0 Å². The van der Waals surface area contributed by atoms with Crippen molar-refractivity contribution < 1.29 is 8.42 Å². The summed E-state index contributed by atoms with van der Waals surface area (Å²) in [7, 11) is -2.93. The average molecular weight is 415 g/mol. The van der Waals surface area contributed by atoms with Crippen LogP contribution in [0.5, 0.6) is 0 Å². The normalized spacial score (nSPS) is 21.6. The molecule has 7 heteroatoms. The minimum Gasteiger partial charge on any atom is -0.357 e. The SMILES string of the molecule is CCNC(=NCC(C)(C)CCS(C)(=O)=O)NC1CCN(C2CCCCC2)CC1. The molecule has 1 aliphatic carbocycles. The van der Waals surface area contributed by atoms with Gasteiger partial charge in [0.1, 0.15) is 9.84 Å². The number of hydrogen-bond acceptors (Lipinski definition) is 4. The van der Waals surface area contributed by atoms with Gasteiger partial charge in [0, 0.05) is 44.5 Å². The van der Waals surface area contributed by atoms with E-state index in [2.05, 4.69) is 36.3 Å². The van der Waals surface area contributed by atoms with E-state index >= 15 is 0 Å². The van der Waals surface area contributed by atoms with Crippen LogP contribution >= 0.6 is 0 Å². The van der Waals surface area contributed by atoms with Gasteiger partial charge in [-0.3, -0.25) is 4.99 Å². The van der Waals surface area contributed by atoms with Crippen LogP contribution < -0.4 is 10.6 Å². The largest absolute Gasteiger partial charge is 0.357 e. The molecule has 0 amide bonds. The molecular weight excluding hydrogens is 372 g/mol. The maximum absolute atomic E-state index is 11.5. The fourth-order valence-corrected chi connectivity index (χ4v) is 5.13. The minimum atomic E-state index is -2.93. The summed E-state index contributed by atoms with van der Waals surface area (Å²) >= 11 is 0. The highest BCUT2D eigenvalue weighted by Crippen LogP contribution is 2.25. The van der Waals surface area contributed by atoms with Crippen molar-refractivity contribution in [2.24, 2.45) is 10.4 Å². The molecule has 1 saturated carbocycles. The summed E-state index contributed by atoms with van der Waals surface area (Å²) in [6, 6.07) is 1.28. The van der Waals surface area contributed by atoms with Crippen molar-refractivity contribution >= 4 is 15.8 Å². The monoisotopic (exact) mass is 414 g/mol. The van der Waals surface area contributed by atoms with Gasteiger partial charge in [0.2, 0.25) is 0 Å². The highest BCUT2D eigenvalue weighted by Gasteiger charge is 2.27. The Balaban J connectivity index is 1.82. The zero-order valence-corrected chi connectivity index (χ0v) is 19.3. The van der Waals surface area contributed by atoms with Crippen LogP contribution in [0, 0.1) is 5.41 Å². The molecule has 0 atom stereocenters. The van der Waals surface area contributed by atoms with E-state index in [-0.39, 0.29) is 11.2 Å². The van der Waals surface area contributed by atoms with E-state index in [0.29, 0.717) is 19.0 Å². The molecule has 2 N–H and O–H groups in total. The predicted octanol–water partition coefficient (Wildman–Crippen LogP) is 2.80. The lowest BCUT2D eigenvalue weighted by Crippen LogP contribution is -2.51.